The minimum Gasteiger partial charge on any atom is -0.481 e. The van der Waals surface area contributed by atoms with Crippen LogP contribution in [0.15, 0.2) is 30.0 Å². The summed E-state index contributed by atoms with van der Waals surface area (Å²) in [6, 6.07) is 3.82. The zero-order valence-electron chi connectivity index (χ0n) is 13.4. The number of nitrogens with zero attached hydrogens (tertiary/aromatic N) is 2. The van der Waals surface area contributed by atoms with Crippen LogP contribution >= 0.6 is 0 Å². The third kappa shape index (κ3) is 3.85. The summed E-state index contributed by atoms with van der Waals surface area (Å²) in [5.41, 5.74) is 7.34. The van der Waals surface area contributed by atoms with Crippen LogP contribution < -0.4 is 5.73 Å². The SMILES string of the molecule is CC(C)=CC[C@@]1(C(=O)O)CCCN(Cc2cccnc2N)C1. The van der Waals surface area contributed by atoms with Crippen LogP contribution in [0.2, 0.25) is 0 Å². The number of hydrogen-bond donors (Lipinski definition) is 2. The number of allylic oxidation sites excluding steroid dienone is 2. The number of aliphatic carboxylic acids is 1. The Morgan fingerprint density at radius 3 is 2.95 bits per heavy atom. The van der Waals surface area contributed by atoms with Crippen molar-refractivity contribution in [3.63, 3.8) is 0 Å². The van der Waals surface area contributed by atoms with Gasteiger partial charge in [-0.25, -0.2) is 4.98 Å². The Bertz CT molecular complexity index is 567. The van der Waals surface area contributed by atoms with Crippen molar-refractivity contribution in [1.29, 1.82) is 0 Å². The van der Waals surface area contributed by atoms with E-state index in [1.807, 2.05) is 32.1 Å². The number of carboxylic acid groups (broad SMARTS) is 1. The van der Waals surface area contributed by atoms with Gasteiger partial charge in [-0.2, -0.15) is 0 Å². The van der Waals surface area contributed by atoms with E-state index in [1.165, 1.54) is 0 Å². The summed E-state index contributed by atoms with van der Waals surface area (Å²) in [6.45, 7) is 6.13. The van der Waals surface area contributed by atoms with E-state index in [9.17, 15) is 9.90 Å². The van der Waals surface area contributed by atoms with Gasteiger partial charge in [-0.1, -0.05) is 17.7 Å². The number of nitrogens with two attached hydrogens (primary N) is 1. The molecule has 3 N–H and O–H groups in total. The lowest BCUT2D eigenvalue weighted by atomic mass is 9.76. The summed E-state index contributed by atoms with van der Waals surface area (Å²) in [6.07, 6.45) is 5.92. The number of piperidine rings is 1. The van der Waals surface area contributed by atoms with Crippen molar-refractivity contribution in [2.24, 2.45) is 5.41 Å². The monoisotopic (exact) mass is 303 g/mol. The van der Waals surface area contributed by atoms with Crippen LogP contribution in [-0.2, 0) is 11.3 Å². The second-order valence-electron chi connectivity index (χ2n) is 6.43. The summed E-state index contributed by atoms with van der Waals surface area (Å²) >= 11 is 0. The fraction of sp³-hybridized carbons (Fsp3) is 0.529. The van der Waals surface area contributed by atoms with Crippen molar-refractivity contribution in [2.75, 3.05) is 18.8 Å². The lowest BCUT2D eigenvalue weighted by molar-refractivity contribution is -0.152. The van der Waals surface area contributed by atoms with Gasteiger partial charge in [-0.15, -0.1) is 0 Å². The molecule has 1 aromatic heterocycles. The number of pyridine rings is 1. The van der Waals surface area contributed by atoms with Crippen LogP contribution in [0, 0.1) is 5.41 Å². The third-order valence-corrected chi connectivity index (χ3v) is 4.33. The quantitative estimate of drug-likeness (QED) is 0.818. The average Bonchev–Trinajstić information content (AvgIpc) is 2.48. The smallest absolute Gasteiger partial charge is 0.311 e. The molecule has 0 aromatic carbocycles. The zero-order valence-corrected chi connectivity index (χ0v) is 13.4. The predicted octanol–water partition coefficient (Wildman–Crippen LogP) is 2.69. The van der Waals surface area contributed by atoms with Crippen molar-refractivity contribution in [1.82, 2.24) is 9.88 Å². The van der Waals surface area contributed by atoms with Crippen molar-refractivity contribution in [3.05, 3.63) is 35.5 Å². The molecule has 2 heterocycles. The van der Waals surface area contributed by atoms with Gasteiger partial charge in [-0.3, -0.25) is 9.69 Å². The van der Waals surface area contributed by atoms with Gasteiger partial charge in [-0.05, 0) is 45.7 Å². The highest BCUT2D eigenvalue weighted by atomic mass is 16.4. The zero-order chi connectivity index (χ0) is 16.2. The molecule has 5 heteroatoms. The molecule has 0 aliphatic carbocycles. The van der Waals surface area contributed by atoms with E-state index in [1.54, 1.807) is 6.20 Å². The molecule has 0 spiro atoms. The Balaban J connectivity index is 2.13. The first-order valence-corrected chi connectivity index (χ1v) is 7.71. The van der Waals surface area contributed by atoms with E-state index >= 15 is 0 Å². The van der Waals surface area contributed by atoms with Crippen LogP contribution in [0.4, 0.5) is 5.82 Å². The van der Waals surface area contributed by atoms with E-state index in [-0.39, 0.29) is 0 Å². The Hall–Kier alpha value is -1.88. The fourth-order valence-corrected chi connectivity index (χ4v) is 3.02. The van der Waals surface area contributed by atoms with Crippen molar-refractivity contribution in [2.45, 2.75) is 39.7 Å². The van der Waals surface area contributed by atoms with Gasteiger partial charge < -0.3 is 10.8 Å². The maximum atomic E-state index is 11.9. The number of carbonyl (C=O) groups is 1. The van der Waals surface area contributed by atoms with E-state index in [0.717, 1.165) is 30.5 Å². The van der Waals surface area contributed by atoms with E-state index in [4.69, 9.17) is 5.73 Å². The van der Waals surface area contributed by atoms with Crippen molar-refractivity contribution in [3.8, 4) is 0 Å². The molecule has 0 unspecified atom stereocenters. The van der Waals surface area contributed by atoms with Gasteiger partial charge in [0.2, 0.25) is 0 Å². The molecular weight excluding hydrogens is 278 g/mol. The minimum absolute atomic E-state index is 0.526. The molecule has 120 valence electrons. The van der Waals surface area contributed by atoms with Crippen LogP contribution in [0.1, 0.15) is 38.7 Å². The molecule has 1 saturated heterocycles. The summed E-state index contributed by atoms with van der Waals surface area (Å²) in [5, 5.41) is 9.75. The number of nitrogen functional groups attached to an aromatic ring is 1. The van der Waals surface area contributed by atoms with Crippen LogP contribution in [0.3, 0.4) is 0 Å². The van der Waals surface area contributed by atoms with Gasteiger partial charge in [0.25, 0.3) is 0 Å². The van der Waals surface area contributed by atoms with Crippen LogP contribution in [0.25, 0.3) is 0 Å². The number of carboxylic acids is 1. The summed E-state index contributed by atoms with van der Waals surface area (Å²) < 4.78 is 0. The summed E-state index contributed by atoms with van der Waals surface area (Å²) in [7, 11) is 0. The largest absolute Gasteiger partial charge is 0.481 e. The van der Waals surface area contributed by atoms with E-state index in [2.05, 4.69) is 9.88 Å². The second kappa shape index (κ2) is 6.92. The fourth-order valence-electron chi connectivity index (χ4n) is 3.02. The minimum atomic E-state index is -0.700. The lowest BCUT2D eigenvalue weighted by Crippen LogP contribution is -2.47. The highest BCUT2D eigenvalue weighted by molar-refractivity contribution is 5.75. The maximum Gasteiger partial charge on any atom is 0.311 e. The van der Waals surface area contributed by atoms with Crippen LogP contribution in [-0.4, -0.2) is 34.0 Å². The molecule has 1 fully saturated rings. The van der Waals surface area contributed by atoms with Gasteiger partial charge in [0.15, 0.2) is 0 Å². The molecule has 1 aliphatic heterocycles. The Kier molecular flexibility index (Phi) is 5.19. The Labute approximate surface area is 131 Å². The first-order valence-electron chi connectivity index (χ1n) is 7.71. The molecule has 0 amide bonds. The summed E-state index contributed by atoms with van der Waals surface area (Å²) in [5.74, 6) is -0.174. The molecule has 0 bridgehead atoms. The average molecular weight is 303 g/mol. The second-order valence-corrected chi connectivity index (χ2v) is 6.43. The number of likely N-dealkylation sites (tertiary alicyclic amines) is 1. The first-order chi connectivity index (χ1) is 10.4. The molecule has 22 heavy (non-hydrogen) atoms. The Morgan fingerprint density at radius 2 is 2.32 bits per heavy atom. The summed E-state index contributed by atoms with van der Waals surface area (Å²) in [4.78, 5) is 18.1. The first kappa shape index (κ1) is 16.5. The molecular formula is C17H25N3O2. The number of anilines is 1. The number of aromatic nitrogens is 1. The maximum absolute atomic E-state index is 11.9. The predicted molar refractivity (Wildman–Crippen MR) is 87.3 cm³/mol. The van der Waals surface area contributed by atoms with Gasteiger partial charge in [0, 0.05) is 24.8 Å². The highest BCUT2D eigenvalue weighted by Crippen LogP contribution is 2.35. The van der Waals surface area contributed by atoms with Crippen molar-refractivity contribution < 1.29 is 9.90 Å². The molecule has 0 saturated carbocycles. The molecule has 0 radical (unpaired) electrons. The molecule has 2 rings (SSSR count). The molecule has 1 aromatic rings. The van der Waals surface area contributed by atoms with Gasteiger partial charge in [0.05, 0.1) is 5.41 Å². The number of hydrogen-bond acceptors (Lipinski definition) is 4. The van der Waals surface area contributed by atoms with E-state index < -0.39 is 11.4 Å². The number of rotatable bonds is 5. The third-order valence-electron chi connectivity index (χ3n) is 4.33. The van der Waals surface area contributed by atoms with Crippen LogP contribution in [0.5, 0.6) is 0 Å². The molecule has 1 atom stereocenters. The van der Waals surface area contributed by atoms with Crippen molar-refractivity contribution >= 4 is 11.8 Å². The topological polar surface area (TPSA) is 79.5 Å². The normalized spacial score (nSPS) is 22.3. The Morgan fingerprint density at radius 1 is 1.55 bits per heavy atom. The highest BCUT2D eigenvalue weighted by Gasteiger charge is 2.41. The lowest BCUT2D eigenvalue weighted by Gasteiger charge is -2.39. The molecule has 1 aliphatic rings. The van der Waals surface area contributed by atoms with E-state index in [0.29, 0.717) is 25.3 Å². The van der Waals surface area contributed by atoms with Gasteiger partial charge >= 0.3 is 5.97 Å². The van der Waals surface area contributed by atoms with Gasteiger partial charge in [0.1, 0.15) is 5.82 Å². The molecule has 5 nitrogen and oxygen atoms in total. The standard InChI is InChI=1S/C17H25N3O2/c1-13(2)6-8-17(16(21)22)7-4-10-20(12-17)11-14-5-3-9-19-15(14)18/h3,5-6,9H,4,7-8,10-12H2,1-2H3,(H2,18,19)(H,21,22)/t17-/m0/s1.